The van der Waals surface area contributed by atoms with Crippen LogP contribution in [-0.4, -0.2) is 87.5 Å². The van der Waals surface area contributed by atoms with Crippen LogP contribution in [0.25, 0.3) is 11.4 Å². The summed E-state index contributed by atoms with van der Waals surface area (Å²) in [6.45, 7) is 36.3. The van der Waals surface area contributed by atoms with Gasteiger partial charge < -0.3 is 30.3 Å². The van der Waals surface area contributed by atoms with Crippen molar-refractivity contribution in [3.63, 3.8) is 0 Å². The van der Waals surface area contributed by atoms with E-state index >= 15 is 0 Å². The van der Waals surface area contributed by atoms with Gasteiger partial charge in [-0.2, -0.15) is 0 Å². The SMILES string of the molecule is CC(C)(C)NC1CCN(c2cc(C(C)(C)C)cc(-c3nc(C(C)(C)C)cnc3OC3CC(NC(C)(C)CCC(C)(C)NCCC(F)(F)CCOC(C)(C)C)C3)n2)C1. The molecule has 1 saturated heterocycles. The molecule has 1 unspecified atom stereocenters. The largest absolute Gasteiger partial charge is 0.473 e. The Morgan fingerprint density at radius 2 is 1.40 bits per heavy atom. The molecule has 3 heterocycles. The first-order valence-electron chi connectivity index (χ1n) is 21.5. The smallest absolute Gasteiger partial charge is 0.251 e. The second kappa shape index (κ2) is 17.6. The van der Waals surface area contributed by atoms with Crippen molar-refractivity contribution in [2.45, 2.75) is 213 Å². The lowest BCUT2D eigenvalue weighted by Crippen LogP contribution is -2.55. The number of hydrogen-bond acceptors (Lipinski definition) is 9. The molecule has 11 heteroatoms. The Labute approximate surface area is 345 Å². The van der Waals surface area contributed by atoms with Gasteiger partial charge in [-0.1, -0.05) is 41.5 Å². The van der Waals surface area contributed by atoms with Crippen molar-refractivity contribution in [1.29, 1.82) is 0 Å². The Kier molecular flexibility index (Phi) is 14.6. The van der Waals surface area contributed by atoms with E-state index in [1.54, 1.807) is 0 Å². The minimum absolute atomic E-state index is 0.00786. The number of anilines is 1. The van der Waals surface area contributed by atoms with E-state index in [0.717, 1.165) is 62.4 Å². The first-order valence-corrected chi connectivity index (χ1v) is 21.5. The average molecular weight is 800 g/mol. The lowest BCUT2D eigenvalue weighted by molar-refractivity contribution is -0.0702. The Hall–Kier alpha value is -2.47. The fourth-order valence-electron chi connectivity index (χ4n) is 7.41. The normalized spacial score (nSPS) is 20.2. The van der Waals surface area contributed by atoms with E-state index in [1.165, 1.54) is 5.56 Å². The number of nitrogens with zero attached hydrogens (tertiary/aromatic N) is 4. The second-order valence-electron chi connectivity index (χ2n) is 22.4. The molecule has 0 spiro atoms. The summed E-state index contributed by atoms with van der Waals surface area (Å²) in [5, 5.41) is 11.0. The summed E-state index contributed by atoms with van der Waals surface area (Å²) in [5.41, 5.74) is 2.55. The maximum atomic E-state index is 14.5. The van der Waals surface area contributed by atoms with Gasteiger partial charge in [0, 0.05) is 66.6 Å². The average Bonchev–Trinajstić information content (AvgIpc) is 3.48. The Balaban J connectivity index is 1.40. The number of halogens is 2. The summed E-state index contributed by atoms with van der Waals surface area (Å²) < 4.78 is 41.2. The van der Waals surface area contributed by atoms with Gasteiger partial charge in [-0.25, -0.2) is 23.7 Å². The quantitative estimate of drug-likeness (QED) is 0.145. The van der Waals surface area contributed by atoms with E-state index < -0.39 is 11.5 Å². The van der Waals surface area contributed by atoms with Crippen LogP contribution in [0.5, 0.6) is 5.88 Å². The highest BCUT2D eigenvalue weighted by molar-refractivity contribution is 5.65. The van der Waals surface area contributed by atoms with Gasteiger partial charge in [0.25, 0.3) is 5.92 Å². The molecule has 0 amide bonds. The zero-order valence-electron chi connectivity index (χ0n) is 38.6. The molecule has 1 aliphatic carbocycles. The van der Waals surface area contributed by atoms with Gasteiger partial charge in [-0.15, -0.1) is 0 Å². The maximum absolute atomic E-state index is 14.5. The van der Waals surface area contributed by atoms with Crippen LogP contribution in [0.4, 0.5) is 14.6 Å². The third kappa shape index (κ3) is 15.3. The molecule has 1 atom stereocenters. The van der Waals surface area contributed by atoms with Crippen LogP contribution >= 0.6 is 0 Å². The topological polar surface area (TPSA) is 96.5 Å². The first kappa shape index (κ1) is 47.2. The molecule has 1 aliphatic heterocycles. The molecular weight excluding hydrogens is 721 g/mol. The summed E-state index contributed by atoms with van der Waals surface area (Å²) in [4.78, 5) is 17.8. The van der Waals surface area contributed by atoms with E-state index in [2.05, 4.69) is 123 Å². The molecule has 4 rings (SSSR count). The summed E-state index contributed by atoms with van der Waals surface area (Å²) in [5.74, 6) is -1.25. The van der Waals surface area contributed by atoms with Gasteiger partial charge in [0.15, 0.2) is 5.69 Å². The van der Waals surface area contributed by atoms with Crippen LogP contribution in [0.1, 0.15) is 167 Å². The van der Waals surface area contributed by atoms with Crippen LogP contribution < -0.4 is 25.6 Å². The highest BCUT2D eigenvalue weighted by Crippen LogP contribution is 2.37. The van der Waals surface area contributed by atoms with Crippen LogP contribution in [0.3, 0.4) is 0 Å². The third-order valence-electron chi connectivity index (χ3n) is 11.0. The van der Waals surface area contributed by atoms with Crippen LogP contribution in [0.15, 0.2) is 18.3 Å². The minimum atomic E-state index is -2.75. The molecule has 9 nitrogen and oxygen atoms in total. The number of rotatable bonds is 17. The van der Waals surface area contributed by atoms with Gasteiger partial charge in [0.2, 0.25) is 5.88 Å². The van der Waals surface area contributed by atoms with Crippen molar-refractivity contribution in [2.24, 2.45) is 0 Å². The summed E-state index contributed by atoms with van der Waals surface area (Å²) in [6, 6.07) is 5.13. The van der Waals surface area contributed by atoms with Crippen LogP contribution in [0.2, 0.25) is 0 Å². The highest BCUT2D eigenvalue weighted by Gasteiger charge is 2.37. The van der Waals surface area contributed by atoms with E-state index in [0.29, 0.717) is 23.7 Å². The summed E-state index contributed by atoms with van der Waals surface area (Å²) in [6.07, 6.45) is 5.94. The van der Waals surface area contributed by atoms with Gasteiger partial charge in [0.05, 0.1) is 29.8 Å². The molecule has 2 fully saturated rings. The third-order valence-corrected chi connectivity index (χ3v) is 11.0. The van der Waals surface area contributed by atoms with Gasteiger partial charge in [-0.05, 0) is 124 Å². The molecule has 0 bridgehead atoms. The van der Waals surface area contributed by atoms with Crippen molar-refractivity contribution in [1.82, 2.24) is 30.9 Å². The van der Waals surface area contributed by atoms with E-state index in [-0.39, 0.29) is 59.5 Å². The molecule has 2 aliphatic rings. The van der Waals surface area contributed by atoms with Crippen molar-refractivity contribution < 1.29 is 18.3 Å². The molecule has 3 N–H and O–H groups in total. The highest BCUT2D eigenvalue weighted by atomic mass is 19.3. The number of nitrogens with one attached hydrogen (secondary N) is 3. The Morgan fingerprint density at radius 3 is 2.00 bits per heavy atom. The predicted octanol–water partition coefficient (Wildman–Crippen LogP) is 9.76. The molecule has 324 valence electrons. The number of aromatic nitrogens is 3. The molecule has 2 aromatic rings. The fourth-order valence-corrected chi connectivity index (χ4v) is 7.41. The van der Waals surface area contributed by atoms with Crippen molar-refractivity contribution >= 4 is 5.82 Å². The fraction of sp³-hybridized carbons (Fsp3) is 0.804. The number of pyridine rings is 1. The molecule has 0 radical (unpaired) electrons. The van der Waals surface area contributed by atoms with Crippen molar-refractivity contribution in [3.8, 4) is 17.3 Å². The van der Waals surface area contributed by atoms with Crippen LogP contribution in [0, 0.1) is 0 Å². The van der Waals surface area contributed by atoms with Crippen molar-refractivity contribution in [2.75, 3.05) is 31.1 Å². The summed E-state index contributed by atoms with van der Waals surface area (Å²) in [7, 11) is 0. The molecule has 57 heavy (non-hydrogen) atoms. The lowest BCUT2D eigenvalue weighted by atomic mass is 9.84. The molecule has 1 saturated carbocycles. The molecule has 0 aromatic carbocycles. The van der Waals surface area contributed by atoms with E-state index in [9.17, 15) is 8.78 Å². The van der Waals surface area contributed by atoms with Crippen molar-refractivity contribution in [3.05, 3.63) is 29.6 Å². The zero-order chi connectivity index (χ0) is 42.8. The second-order valence-corrected chi connectivity index (χ2v) is 22.4. The first-order chi connectivity index (χ1) is 25.9. The van der Waals surface area contributed by atoms with E-state index in [1.807, 2.05) is 27.0 Å². The standard InChI is InChI=1S/C46H79F2N7O2/c1-40(2,3)31-25-35(51-37(26-31)55-23-17-32(30-55)53-42(7,8)9)38-39(49-29-36(52-38)41(4,5)6)57-34-27-33(28-34)54-45(15,16)19-18-44(13,14)50-22-20-46(47,48)21-24-56-43(10,11)12/h25-26,29,32-34,50,53-54H,17-24,27-28,30H2,1-16H3. The van der Waals surface area contributed by atoms with Crippen LogP contribution in [-0.2, 0) is 15.6 Å². The minimum Gasteiger partial charge on any atom is -0.473 e. The Bertz CT molecular complexity index is 1610. The predicted molar refractivity (Wildman–Crippen MR) is 232 cm³/mol. The monoisotopic (exact) mass is 800 g/mol. The lowest BCUT2D eigenvalue weighted by Gasteiger charge is -2.42. The van der Waals surface area contributed by atoms with E-state index in [4.69, 9.17) is 24.4 Å². The number of ether oxygens (including phenoxy) is 2. The molecule has 2 aromatic heterocycles. The molecular formula is C46H79F2N7O2. The summed E-state index contributed by atoms with van der Waals surface area (Å²) >= 11 is 0. The number of alkyl halides is 2. The van der Waals surface area contributed by atoms with Gasteiger partial charge in [-0.3, -0.25) is 0 Å². The van der Waals surface area contributed by atoms with Gasteiger partial charge >= 0.3 is 0 Å². The Morgan fingerprint density at radius 1 is 0.754 bits per heavy atom. The zero-order valence-corrected chi connectivity index (χ0v) is 38.6. The van der Waals surface area contributed by atoms with Gasteiger partial charge in [0.1, 0.15) is 11.9 Å². The maximum Gasteiger partial charge on any atom is 0.251 e. The number of hydrogen-bond donors (Lipinski definition) is 3.